The zero-order valence-corrected chi connectivity index (χ0v) is 13.8. The molecule has 1 amide bonds. The zero-order chi connectivity index (χ0) is 16.9. The maximum Gasteiger partial charge on any atom is 0.221 e. The Hall–Kier alpha value is -2.28. The lowest BCUT2D eigenvalue weighted by Crippen LogP contribution is -2.34. The first-order valence-electron chi connectivity index (χ1n) is 7.73. The Morgan fingerprint density at radius 2 is 2.17 bits per heavy atom. The first kappa shape index (κ1) is 18.8. The molecule has 0 heterocycles. The highest BCUT2D eigenvalue weighted by Crippen LogP contribution is 2.16. The summed E-state index contributed by atoms with van der Waals surface area (Å²) < 4.78 is 10.8. The minimum atomic E-state index is -0.114. The quantitative estimate of drug-likeness (QED) is 0.343. The molecule has 0 bridgehead atoms. The highest BCUT2D eigenvalue weighted by Gasteiger charge is 1.99. The third-order valence-electron chi connectivity index (χ3n) is 2.76. The summed E-state index contributed by atoms with van der Waals surface area (Å²) in [5, 5.41) is 5.69. The molecule has 1 aromatic rings. The van der Waals surface area contributed by atoms with Crippen molar-refractivity contribution in [2.45, 2.75) is 20.3 Å². The molecule has 23 heavy (non-hydrogen) atoms. The van der Waals surface area contributed by atoms with Crippen molar-refractivity contribution in [3.63, 3.8) is 0 Å². The van der Waals surface area contributed by atoms with Crippen LogP contribution >= 0.6 is 0 Å². The summed E-state index contributed by atoms with van der Waals surface area (Å²) in [6.07, 6.45) is 0.850. The molecule has 0 saturated heterocycles. The maximum absolute atomic E-state index is 11.0. The van der Waals surface area contributed by atoms with Gasteiger partial charge in [-0.15, -0.1) is 0 Å². The number of guanidine groups is 1. The Morgan fingerprint density at radius 3 is 2.91 bits per heavy atom. The van der Waals surface area contributed by atoms with Crippen LogP contribution in [-0.4, -0.2) is 44.8 Å². The maximum atomic E-state index is 11.0. The summed E-state index contributed by atoms with van der Waals surface area (Å²) in [7, 11) is 0. The highest BCUT2D eigenvalue weighted by atomic mass is 16.5. The van der Waals surface area contributed by atoms with E-state index in [9.17, 15) is 4.79 Å². The Kier molecular flexibility index (Phi) is 9.23. The van der Waals surface area contributed by atoms with Gasteiger partial charge in [0, 0.05) is 38.4 Å². The van der Waals surface area contributed by atoms with Gasteiger partial charge in [0.25, 0.3) is 0 Å². The predicted molar refractivity (Wildman–Crippen MR) is 91.8 cm³/mol. The van der Waals surface area contributed by atoms with Gasteiger partial charge in [-0.25, -0.2) is 0 Å². The van der Waals surface area contributed by atoms with E-state index >= 15 is 0 Å². The van der Waals surface area contributed by atoms with E-state index in [1.165, 1.54) is 6.92 Å². The number of nitrogens with one attached hydrogen (secondary N) is 2. The van der Waals surface area contributed by atoms with Crippen molar-refractivity contribution in [3.05, 3.63) is 24.3 Å². The van der Waals surface area contributed by atoms with E-state index in [2.05, 4.69) is 15.6 Å². The summed E-state index contributed by atoms with van der Waals surface area (Å²) in [6, 6.07) is 7.23. The van der Waals surface area contributed by atoms with Gasteiger partial charge in [0.1, 0.15) is 12.4 Å². The second kappa shape index (κ2) is 11.3. The van der Waals surface area contributed by atoms with E-state index < -0.39 is 0 Å². The summed E-state index contributed by atoms with van der Waals surface area (Å²) >= 11 is 0. The van der Waals surface area contributed by atoms with Crippen LogP contribution in [0.2, 0.25) is 0 Å². The van der Waals surface area contributed by atoms with Crippen LogP contribution in [0, 0.1) is 0 Å². The number of anilines is 1. The number of benzene rings is 1. The molecule has 1 rings (SSSR count). The second-order valence-corrected chi connectivity index (χ2v) is 4.80. The normalized spacial score (nSPS) is 11.1. The number of aliphatic imine (C=N–C) groups is 1. The number of hydrogen-bond acceptors (Lipinski definition) is 4. The third-order valence-corrected chi connectivity index (χ3v) is 2.76. The minimum Gasteiger partial charge on any atom is -0.492 e. The van der Waals surface area contributed by atoms with E-state index in [0.717, 1.165) is 13.0 Å². The molecule has 0 spiro atoms. The molecule has 0 radical (unpaired) electrons. The van der Waals surface area contributed by atoms with Crippen molar-refractivity contribution < 1.29 is 14.3 Å². The minimum absolute atomic E-state index is 0.114. The molecule has 4 N–H and O–H groups in total. The van der Waals surface area contributed by atoms with Crippen molar-refractivity contribution in [1.82, 2.24) is 5.32 Å². The van der Waals surface area contributed by atoms with Crippen LogP contribution in [-0.2, 0) is 9.53 Å². The molecule has 7 nitrogen and oxygen atoms in total. The molecule has 0 aliphatic rings. The number of hydrogen-bond donors (Lipinski definition) is 3. The monoisotopic (exact) mass is 322 g/mol. The van der Waals surface area contributed by atoms with Gasteiger partial charge in [0.15, 0.2) is 5.96 Å². The Balaban J connectivity index is 2.21. The number of ether oxygens (including phenoxy) is 2. The summed E-state index contributed by atoms with van der Waals surface area (Å²) in [5.41, 5.74) is 6.45. The van der Waals surface area contributed by atoms with Gasteiger partial charge >= 0.3 is 0 Å². The third kappa shape index (κ3) is 9.36. The number of rotatable bonds is 10. The van der Waals surface area contributed by atoms with Crippen LogP contribution in [0.5, 0.6) is 5.75 Å². The summed E-state index contributed by atoms with van der Waals surface area (Å²) in [6.45, 7) is 6.47. The topological polar surface area (TPSA) is 98.0 Å². The highest BCUT2D eigenvalue weighted by molar-refractivity contribution is 5.88. The largest absolute Gasteiger partial charge is 0.492 e. The van der Waals surface area contributed by atoms with Gasteiger partial charge in [0.05, 0.1) is 6.54 Å². The summed E-state index contributed by atoms with van der Waals surface area (Å²) in [5.74, 6) is 0.972. The van der Waals surface area contributed by atoms with E-state index in [1.807, 2.05) is 19.1 Å². The smallest absolute Gasteiger partial charge is 0.221 e. The van der Waals surface area contributed by atoms with Gasteiger partial charge in [-0.1, -0.05) is 6.07 Å². The molecular formula is C16H26N4O3. The molecule has 0 unspecified atom stereocenters. The lowest BCUT2D eigenvalue weighted by molar-refractivity contribution is -0.114. The van der Waals surface area contributed by atoms with Crippen LogP contribution in [0.3, 0.4) is 0 Å². The molecule has 128 valence electrons. The number of carbonyl (C=O) groups is 1. The number of carbonyl (C=O) groups excluding carboxylic acids is 1. The van der Waals surface area contributed by atoms with Crippen LogP contribution in [0.25, 0.3) is 0 Å². The van der Waals surface area contributed by atoms with Crippen LogP contribution in [0.1, 0.15) is 20.3 Å². The Labute approximate surface area is 137 Å². The lowest BCUT2D eigenvalue weighted by atomic mass is 10.3. The molecule has 0 aliphatic carbocycles. The first-order valence-corrected chi connectivity index (χ1v) is 7.73. The molecule has 0 aliphatic heterocycles. The second-order valence-electron chi connectivity index (χ2n) is 4.80. The van der Waals surface area contributed by atoms with Crippen molar-refractivity contribution >= 4 is 17.6 Å². The molecule has 7 heteroatoms. The van der Waals surface area contributed by atoms with Crippen LogP contribution in [0.4, 0.5) is 5.69 Å². The first-order chi connectivity index (χ1) is 11.1. The molecule has 0 saturated carbocycles. The Morgan fingerprint density at radius 1 is 1.35 bits per heavy atom. The van der Waals surface area contributed by atoms with Crippen molar-refractivity contribution in [3.8, 4) is 5.75 Å². The Bertz CT molecular complexity index is 506. The fraction of sp³-hybridized carbons (Fsp3) is 0.500. The lowest BCUT2D eigenvalue weighted by Gasteiger charge is -2.09. The fourth-order valence-corrected chi connectivity index (χ4v) is 1.78. The van der Waals surface area contributed by atoms with Crippen molar-refractivity contribution in [1.29, 1.82) is 0 Å². The summed E-state index contributed by atoms with van der Waals surface area (Å²) in [4.78, 5) is 15.2. The SMILES string of the molecule is CCOCCCN=C(N)NCCOc1cccc(NC(C)=O)c1. The number of amides is 1. The molecule has 1 aromatic carbocycles. The average Bonchev–Trinajstić information content (AvgIpc) is 2.51. The standard InChI is InChI=1S/C16H26N4O3/c1-3-22-10-5-8-18-16(17)19-9-11-23-15-7-4-6-14(12-15)20-13(2)21/h4,6-7,12H,3,5,8-11H2,1-2H3,(H,20,21)(H3,17,18,19). The van der Waals surface area contributed by atoms with E-state index in [-0.39, 0.29) is 5.91 Å². The van der Waals surface area contributed by atoms with Gasteiger partial charge in [-0.2, -0.15) is 0 Å². The molecular weight excluding hydrogens is 296 g/mol. The fourth-order valence-electron chi connectivity index (χ4n) is 1.78. The zero-order valence-electron chi connectivity index (χ0n) is 13.8. The van der Waals surface area contributed by atoms with Gasteiger partial charge in [-0.05, 0) is 25.5 Å². The van der Waals surface area contributed by atoms with Crippen LogP contribution in [0.15, 0.2) is 29.3 Å². The van der Waals surface area contributed by atoms with E-state index in [1.54, 1.807) is 12.1 Å². The van der Waals surface area contributed by atoms with Crippen molar-refractivity contribution in [2.75, 3.05) is 38.2 Å². The van der Waals surface area contributed by atoms with E-state index in [0.29, 0.717) is 43.7 Å². The molecule has 0 aromatic heterocycles. The van der Waals surface area contributed by atoms with Crippen molar-refractivity contribution in [2.24, 2.45) is 10.7 Å². The van der Waals surface area contributed by atoms with Gasteiger partial charge in [-0.3, -0.25) is 9.79 Å². The average molecular weight is 322 g/mol. The molecule has 0 fully saturated rings. The number of nitrogens with two attached hydrogens (primary N) is 1. The number of nitrogens with zero attached hydrogens (tertiary/aromatic N) is 1. The molecule has 0 atom stereocenters. The van der Waals surface area contributed by atoms with Crippen LogP contribution < -0.4 is 21.1 Å². The predicted octanol–water partition coefficient (Wildman–Crippen LogP) is 1.35. The van der Waals surface area contributed by atoms with Gasteiger partial charge < -0.3 is 25.8 Å². The van der Waals surface area contributed by atoms with E-state index in [4.69, 9.17) is 15.2 Å². The van der Waals surface area contributed by atoms with Gasteiger partial charge in [0.2, 0.25) is 5.91 Å².